The van der Waals surface area contributed by atoms with Gasteiger partial charge in [-0.2, -0.15) is 13.2 Å². The molecule has 1 aromatic heterocycles. The predicted molar refractivity (Wildman–Crippen MR) is 72.6 cm³/mol. The van der Waals surface area contributed by atoms with Gasteiger partial charge < -0.3 is 10.2 Å². The molecule has 0 radical (unpaired) electrons. The second-order valence-corrected chi connectivity index (χ2v) is 5.71. The van der Waals surface area contributed by atoms with Gasteiger partial charge in [-0.25, -0.2) is 4.98 Å². The zero-order chi connectivity index (χ0) is 15.2. The smallest absolute Gasteiger partial charge is 0.366 e. The first-order chi connectivity index (χ1) is 9.84. The average molecular weight is 299 g/mol. The van der Waals surface area contributed by atoms with Gasteiger partial charge in [-0.15, -0.1) is 0 Å². The minimum atomic E-state index is -4.35. The second-order valence-electron chi connectivity index (χ2n) is 5.71. The molecule has 2 atom stereocenters. The molecule has 0 aromatic carbocycles. The van der Waals surface area contributed by atoms with Crippen molar-refractivity contribution < 1.29 is 18.0 Å². The minimum Gasteiger partial charge on any atom is -0.366 e. The van der Waals surface area contributed by atoms with E-state index >= 15 is 0 Å². The summed E-state index contributed by atoms with van der Waals surface area (Å²) in [5, 5.41) is 3.24. The zero-order valence-electron chi connectivity index (χ0n) is 11.6. The summed E-state index contributed by atoms with van der Waals surface area (Å²) in [5.41, 5.74) is 1.02. The summed E-state index contributed by atoms with van der Waals surface area (Å²) in [5.74, 6) is -1.62. The van der Waals surface area contributed by atoms with Crippen molar-refractivity contribution in [3.8, 4) is 0 Å². The average Bonchev–Trinajstić information content (AvgIpc) is 2.79. The molecule has 0 amide bonds. The summed E-state index contributed by atoms with van der Waals surface area (Å²) in [6, 6.07) is 3.59. The lowest BCUT2D eigenvalue weighted by molar-refractivity contribution is -0.168. The summed E-state index contributed by atoms with van der Waals surface area (Å²) < 4.78 is 37.6. The number of anilines is 2. The maximum absolute atomic E-state index is 12.5. The first-order valence-electron chi connectivity index (χ1n) is 6.97. The van der Waals surface area contributed by atoms with Crippen LogP contribution in [0.25, 0.3) is 0 Å². The minimum absolute atomic E-state index is 0.0971. The topological polar surface area (TPSA) is 45.2 Å². The van der Waals surface area contributed by atoms with Crippen LogP contribution >= 0.6 is 0 Å². The van der Waals surface area contributed by atoms with Crippen molar-refractivity contribution in [2.75, 3.05) is 23.3 Å². The molecule has 3 heterocycles. The highest BCUT2D eigenvalue weighted by atomic mass is 19.4. The van der Waals surface area contributed by atoms with Gasteiger partial charge in [-0.05, 0) is 18.6 Å². The number of hydrogen-bond donors (Lipinski definition) is 1. The van der Waals surface area contributed by atoms with Crippen molar-refractivity contribution in [3.63, 3.8) is 0 Å². The van der Waals surface area contributed by atoms with E-state index in [9.17, 15) is 18.0 Å². The van der Waals surface area contributed by atoms with Crippen LogP contribution < -0.4 is 10.2 Å². The van der Waals surface area contributed by atoms with Crippen LogP contribution in [0.15, 0.2) is 12.1 Å². The van der Waals surface area contributed by atoms with Gasteiger partial charge >= 0.3 is 6.18 Å². The van der Waals surface area contributed by atoms with Crippen molar-refractivity contribution in [1.82, 2.24) is 4.98 Å². The van der Waals surface area contributed by atoms with Gasteiger partial charge in [0.1, 0.15) is 5.69 Å². The molecule has 1 N–H and O–H groups in total. The third kappa shape index (κ3) is 2.69. The Kier molecular flexibility index (Phi) is 3.30. The van der Waals surface area contributed by atoms with Crippen LogP contribution in [-0.2, 0) is 0 Å². The number of fused-ring (bicyclic) bond motifs is 4. The van der Waals surface area contributed by atoms with Crippen LogP contribution in [0.2, 0.25) is 0 Å². The Morgan fingerprint density at radius 3 is 3.00 bits per heavy atom. The molecule has 4 nitrogen and oxygen atoms in total. The molecule has 0 spiro atoms. The quantitative estimate of drug-likeness (QED) is 0.872. The normalized spacial score (nSPS) is 21.7. The van der Waals surface area contributed by atoms with Gasteiger partial charge in [0.25, 0.3) is 0 Å². The molecule has 2 aliphatic heterocycles. The van der Waals surface area contributed by atoms with E-state index in [-0.39, 0.29) is 5.69 Å². The van der Waals surface area contributed by atoms with Crippen molar-refractivity contribution in [1.29, 1.82) is 0 Å². The van der Waals surface area contributed by atoms with Gasteiger partial charge in [0, 0.05) is 25.6 Å². The molecule has 1 fully saturated rings. The second kappa shape index (κ2) is 4.89. The highest BCUT2D eigenvalue weighted by Crippen LogP contribution is 2.35. The zero-order valence-corrected chi connectivity index (χ0v) is 11.6. The highest BCUT2D eigenvalue weighted by Gasteiger charge is 2.38. The molecular formula is C14H16F3N3O. The summed E-state index contributed by atoms with van der Waals surface area (Å²) >= 11 is 0. The van der Waals surface area contributed by atoms with E-state index in [1.54, 1.807) is 6.07 Å². The molecule has 2 bridgehead atoms. The first kappa shape index (κ1) is 14.2. The summed E-state index contributed by atoms with van der Waals surface area (Å²) in [6.45, 7) is 2.86. The number of alkyl halides is 3. The van der Waals surface area contributed by atoms with E-state index in [0.717, 1.165) is 32.1 Å². The van der Waals surface area contributed by atoms with E-state index in [1.807, 2.05) is 0 Å². The Morgan fingerprint density at radius 2 is 2.29 bits per heavy atom. The number of rotatable bonds is 3. The van der Waals surface area contributed by atoms with Crippen LogP contribution in [0, 0.1) is 5.92 Å². The van der Waals surface area contributed by atoms with Crippen LogP contribution in [0.3, 0.4) is 0 Å². The molecule has 0 saturated carbocycles. The fourth-order valence-corrected chi connectivity index (χ4v) is 2.76. The third-order valence-corrected chi connectivity index (χ3v) is 4.08. The van der Waals surface area contributed by atoms with Crippen molar-refractivity contribution in [2.24, 2.45) is 5.92 Å². The van der Waals surface area contributed by atoms with Crippen molar-refractivity contribution in [3.05, 3.63) is 17.8 Å². The van der Waals surface area contributed by atoms with E-state index in [2.05, 4.69) is 15.2 Å². The van der Waals surface area contributed by atoms with Gasteiger partial charge in [-0.3, -0.25) is 4.79 Å². The predicted octanol–water partition coefficient (Wildman–Crippen LogP) is 2.86. The number of ketones is 1. The summed E-state index contributed by atoms with van der Waals surface area (Å²) in [6.07, 6.45) is -3.92. The van der Waals surface area contributed by atoms with Crippen LogP contribution in [0.5, 0.6) is 0 Å². The molecule has 114 valence electrons. The first-order valence-corrected chi connectivity index (χ1v) is 6.97. The Labute approximate surface area is 120 Å². The van der Waals surface area contributed by atoms with Crippen molar-refractivity contribution >= 4 is 17.3 Å². The molecule has 0 unspecified atom stereocenters. The van der Waals surface area contributed by atoms with E-state index in [1.165, 1.54) is 6.07 Å². The lowest BCUT2D eigenvalue weighted by atomic mass is 10.0. The molecule has 21 heavy (non-hydrogen) atoms. The molecule has 1 aromatic rings. The number of halogens is 3. The Balaban J connectivity index is 1.78. The number of nitrogens with zero attached hydrogens (tertiary/aromatic N) is 2. The SMILES string of the molecule is C[C@@H](CC(=O)c1ccc2c(n1)N[C@H]1CCN2C1)C(F)(F)F. The van der Waals surface area contributed by atoms with Crippen LogP contribution in [0.4, 0.5) is 24.7 Å². The summed E-state index contributed by atoms with van der Waals surface area (Å²) in [4.78, 5) is 18.4. The Morgan fingerprint density at radius 1 is 1.52 bits per heavy atom. The maximum atomic E-state index is 12.5. The number of carbonyl (C=O) groups is 1. The fraction of sp³-hybridized carbons (Fsp3) is 0.571. The van der Waals surface area contributed by atoms with Gasteiger partial charge in [0.2, 0.25) is 0 Å². The van der Waals surface area contributed by atoms with Crippen LogP contribution in [-0.4, -0.2) is 36.1 Å². The van der Waals surface area contributed by atoms with E-state index in [4.69, 9.17) is 0 Å². The Hall–Kier alpha value is -1.79. The van der Waals surface area contributed by atoms with E-state index < -0.39 is 24.3 Å². The fourth-order valence-electron chi connectivity index (χ4n) is 2.76. The maximum Gasteiger partial charge on any atom is 0.391 e. The summed E-state index contributed by atoms with van der Waals surface area (Å²) in [7, 11) is 0. The van der Waals surface area contributed by atoms with Gasteiger partial charge in [-0.1, -0.05) is 6.92 Å². The molecule has 1 saturated heterocycles. The largest absolute Gasteiger partial charge is 0.391 e. The third-order valence-electron chi connectivity index (χ3n) is 4.08. The number of pyridine rings is 1. The number of carbonyl (C=O) groups excluding carboxylic acids is 1. The number of aromatic nitrogens is 1. The van der Waals surface area contributed by atoms with E-state index in [0.29, 0.717) is 11.9 Å². The molecule has 7 heteroatoms. The molecular weight excluding hydrogens is 283 g/mol. The molecule has 3 rings (SSSR count). The Bertz CT molecular complexity index is 573. The standard InChI is InChI=1S/C14H16F3N3O/c1-8(14(15,16)17)6-12(21)10-2-3-11-13(19-10)18-9-4-5-20(11)7-9/h2-3,8-9H,4-7H2,1H3,(H,18,19)/t8-,9-/m0/s1. The van der Waals surface area contributed by atoms with Gasteiger partial charge in [0.05, 0.1) is 11.6 Å². The molecule has 2 aliphatic rings. The van der Waals surface area contributed by atoms with Crippen LogP contribution in [0.1, 0.15) is 30.3 Å². The number of hydrogen-bond acceptors (Lipinski definition) is 4. The molecule has 0 aliphatic carbocycles. The lowest BCUT2D eigenvalue weighted by Gasteiger charge is -2.27. The lowest BCUT2D eigenvalue weighted by Crippen LogP contribution is -2.32. The van der Waals surface area contributed by atoms with Crippen molar-refractivity contribution in [2.45, 2.75) is 32.0 Å². The number of Topliss-reactive ketones (excluding diaryl/α,β-unsaturated/α-hetero) is 1. The highest BCUT2D eigenvalue weighted by molar-refractivity contribution is 5.95. The number of nitrogens with one attached hydrogen (secondary N) is 1. The van der Waals surface area contributed by atoms with Gasteiger partial charge in [0.15, 0.2) is 11.6 Å². The monoisotopic (exact) mass is 299 g/mol.